The van der Waals surface area contributed by atoms with E-state index >= 15 is 0 Å². The van der Waals surface area contributed by atoms with Crippen LogP contribution in [0.25, 0.3) is 0 Å². The maximum atomic E-state index is 12.7. The van der Waals surface area contributed by atoms with Crippen LogP contribution in [0, 0.1) is 5.92 Å². The minimum Gasteiger partial charge on any atom is -0.316 e. The third kappa shape index (κ3) is 4.19. The Morgan fingerprint density at radius 1 is 0.895 bits per heavy atom. The van der Waals surface area contributed by atoms with Crippen molar-refractivity contribution in [2.75, 3.05) is 12.8 Å². The second-order valence-corrected chi connectivity index (χ2v) is 8.67. The molecule has 112 valence electrons. The van der Waals surface area contributed by atoms with Gasteiger partial charge in [0.05, 0.1) is 11.0 Å². The van der Waals surface area contributed by atoms with Gasteiger partial charge in [-0.2, -0.15) is 0 Å². The Morgan fingerprint density at radius 2 is 1.47 bits per heavy atom. The fraction of sp³-hybridized carbons (Fsp3) is 1.00. The molecular weight excluding hydrogens is 258 g/mol. The maximum Gasteiger partial charge on any atom is 0.154 e. The molecule has 2 aliphatic rings. The normalized spacial score (nSPS) is 31.0. The van der Waals surface area contributed by atoms with Crippen LogP contribution < -0.4 is 5.32 Å². The molecule has 0 spiro atoms. The summed E-state index contributed by atoms with van der Waals surface area (Å²) in [5.74, 6) is 0.878. The molecule has 2 aliphatic carbocycles. The number of nitrogens with one attached hydrogen (secondary N) is 1. The second kappa shape index (κ2) is 7.07. The van der Waals surface area contributed by atoms with E-state index in [0.717, 1.165) is 32.1 Å². The van der Waals surface area contributed by atoms with E-state index in [2.05, 4.69) is 5.32 Å². The zero-order valence-corrected chi connectivity index (χ0v) is 13.1. The Hall–Kier alpha value is -0.0900. The van der Waals surface area contributed by atoms with E-state index in [9.17, 15) is 8.42 Å². The number of rotatable bonds is 4. The molecule has 0 radical (unpaired) electrons. The Labute approximate surface area is 118 Å². The molecule has 0 bridgehead atoms. The highest BCUT2D eigenvalue weighted by molar-refractivity contribution is 7.92. The molecule has 0 saturated heterocycles. The molecule has 19 heavy (non-hydrogen) atoms. The molecule has 2 rings (SSSR count). The molecule has 2 atom stereocenters. The van der Waals surface area contributed by atoms with E-state index in [-0.39, 0.29) is 11.3 Å². The van der Waals surface area contributed by atoms with Gasteiger partial charge in [-0.15, -0.1) is 0 Å². The summed E-state index contributed by atoms with van der Waals surface area (Å²) in [5, 5.41) is 3.13. The summed E-state index contributed by atoms with van der Waals surface area (Å²) in [5.41, 5.74) is 0. The Bertz CT molecular complexity index is 360. The third-order valence-electron chi connectivity index (χ3n) is 4.98. The van der Waals surface area contributed by atoms with E-state index in [1.54, 1.807) is 0 Å². The highest BCUT2D eigenvalue weighted by Gasteiger charge is 2.35. The number of sulfone groups is 1. The summed E-state index contributed by atoms with van der Waals surface area (Å²) in [6.45, 7) is 0. The van der Waals surface area contributed by atoms with Crippen molar-refractivity contribution in [3.05, 3.63) is 0 Å². The lowest BCUT2D eigenvalue weighted by atomic mass is 9.96. The summed E-state index contributed by atoms with van der Waals surface area (Å²) >= 11 is 0. The van der Waals surface area contributed by atoms with Crippen LogP contribution in [-0.2, 0) is 9.84 Å². The van der Waals surface area contributed by atoms with Gasteiger partial charge in [0.2, 0.25) is 0 Å². The van der Waals surface area contributed by atoms with Crippen molar-refractivity contribution >= 4 is 9.84 Å². The molecule has 1 N–H and O–H groups in total. The highest BCUT2D eigenvalue weighted by atomic mass is 32.2. The molecule has 2 saturated carbocycles. The van der Waals surface area contributed by atoms with Crippen LogP contribution in [0.1, 0.15) is 64.2 Å². The Morgan fingerprint density at radius 3 is 2.11 bits per heavy atom. The van der Waals surface area contributed by atoms with Crippen molar-refractivity contribution in [1.82, 2.24) is 5.32 Å². The summed E-state index contributed by atoms with van der Waals surface area (Å²) in [4.78, 5) is 0. The summed E-state index contributed by atoms with van der Waals surface area (Å²) < 4.78 is 25.5. The lowest BCUT2D eigenvalue weighted by Gasteiger charge is -2.29. The van der Waals surface area contributed by atoms with Gasteiger partial charge in [0, 0.05) is 6.04 Å². The highest BCUT2D eigenvalue weighted by Crippen LogP contribution is 2.30. The van der Waals surface area contributed by atoms with Crippen LogP contribution in [0.4, 0.5) is 0 Å². The molecule has 0 aromatic rings. The minimum absolute atomic E-state index is 0.140. The number of hydrogen-bond donors (Lipinski definition) is 1. The molecule has 3 nitrogen and oxygen atoms in total. The monoisotopic (exact) mass is 287 g/mol. The van der Waals surface area contributed by atoms with Crippen molar-refractivity contribution in [2.45, 2.75) is 75.5 Å². The van der Waals surface area contributed by atoms with Gasteiger partial charge in [-0.1, -0.05) is 38.5 Å². The zero-order valence-electron chi connectivity index (χ0n) is 12.2. The van der Waals surface area contributed by atoms with E-state index in [1.807, 2.05) is 7.05 Å². The predicted molar refractivity (Wildman–Crippen MR) is 80.1 cm³/mol. The predicted octanol–water partition coefficient (Wildman–Crippen LogP) is 2.90. The van der Waals surface area contributed by atoms with E-state index in [1.165, 1.54) is 32.1 Å². The van der Waals surface area contributed by atoms with E-state index in [4.69, 9.17) is 0 Å². The molecule has 0 aliphatic heterocycles. The largest absolute Gasteiger partial charge is 0.316 e. The van der Waals surface area contributed by atoms with Crippen LogP contribution in [-0.4, -0.2) is 32.5 Å². The van der Waals surface area contributed by atoms with Gasteiger partial charge in [-0.05, 0) is 38.6 Å². The average molecular weight is 287 g/mol. The van der Waals surface area contributed by atoms with E-state index in [0.29, 0.717) is 11.7 Å². The van der Waals surface area contributed by atoms with Crippen LogP contribution in [0.15, 0.2) is 0 Å². The average Bonchev–Trinajstić information content (AvgIpc) is 2.80. The zero-order chi connectivity index (χ0) is 13.7. The molecule has 4 heteroatoms. The molecular formula is C15H29NO2S. The van der Waals surface area contributed by atoms with Gasteiger partial charge in [0.15, 0.2) is 9.84 Å². The first-order valence-corrected chi connectivity index (χ1v) is 9.74. The molecule has 0 heterocycles. The maximum absolute atomic E-state index is 12.7. The summed E-state index contributed by atoms with van der Waals surface area (Å²) in [6.07, 6.45) is 11.3. The topological polar surface area (TPSA) is 46.2 Å². The lowest BCUT2D eigenvalue weighted by Crippen LogP contribution is -2.44. The van der Waals surface area contributed by atoms with Gasteiger partial charge in [-0.25, -0.2) is 8.42 Å². The Kier molecular flexibility index (Phi) is 5.70. The lowest BCUT2D eigenvalue weighted by molar-refractivity contribution is 0.403. The first-order valence-electron chi connectivity index (χ1n) is 8.02. The number of hydrogen-bond acceptors (Lipinski definition) is 3. The van der Waals surface area contributed by atoms with Crippen molar-refractivity contribution < 1.29 is 8.42 Å². The Balaban J connectivity index is 2.04. The van der Waals surface area contributed by atoms with Gasteiger partial charge in [0.1, 0.15) is 0 Å². The first kappa shape index (κ1) is 15.3. The van der Waals surface area contributed by atoms with Crippen molar-refractivity contribution in [1.29, 1.82) is 0 Å². The standard InChI is InChI=1S/C15H29NO2S/c1-16-14-10-4-2-3-5-11-15(14)19(17,18)12-13-8-6-7-9-13/h13-16H,2-12H2,1H3. The van der Waals surface area contributed by atoms with Crippen LogP contribution in [0.2, 0.25) is 0 Å². The molecule has 0 amide bonds. The van der Waals surface area contributed by atoms with Crippen LogP contribution in [0.3, 0.4) is 0 Å². The molecule has 0 aromatic heterocycles. The quantitative estimate of drug-likeness (QED) is 0.865. The summed E-state index contributed by atoms with van der Waals surface area (Å²) in [6, 6.07) is 0.173. The van der Waals surface area contributed by atoms with Crippen molar-refractivity contribution in [3.63, 3.8) is 0 Å². The van der Waals surface area contributed by atoms with Crippen molar-refractivity contribution in [2.24, 2.45) is 5.92 Å². The smallest absolute Gasteiger partial charge is 0.154 e. The minimum atomic E-state index is -2.93. The second-order valence-electron chi connectivity index (χ2n) is 6.41. The summed E-state index contributed by atoms with van der Waals surface area (Å²) in [7, 11) is -1.01. The van der Waals surface area contributed by atoms with Crippen molar-refractivity contribution in [3.8, 4) is 0 Å². The van der Waals surface area contributed by atoms with Gasteiger partial charge < -0.3 is 5.32 Å². The van der Waals surface area contributed by atoms with Gasteiger partial charge in [-0.3, -0.25) is 0 Å². The van der Waals surface area contributed by atoms with Gasteiger partial charge in [0.25, 0.3) is 0 Å². The third-order valence-corrected chi connectivity index (χ3v) is 7.40. The van der Waals surface area contributed by atoms with Gasteiger partial charge >= 0.3 is 0 Å². The fourth-order valence-electron chi connectivity index (χ4n) is 3.84. The molecule has 2 fully saturated rings. The first-order chi connectivity index (χ1) is 9.13. The molecule has 2 unspecified atom stereocenters. The SMILES string of the molecule is CNC1CCCCCCC1S(=O)(=O)CC1CCCC1. The molecule has 0 aromatic carbocycles. The van der Waals surface area contributed by atoms with E-state index < -0.39 is 9.84 Å². The van der Waals surface area contributed by atoms with Crippen LogP contribution in [0.5, 0.6) is 0 Å². The van der Waals surface area contributed by atoms with Crippen LogP contribution >= 0.6 is 0 Å². The fourth-order valence-corrected chi connectivity index (χ4v) is 6.38.